The molecule has 0 radical (unpaired) electrons. The van der Waals surface area contributed by atoms with E-state index in [1.54, 1.807) is 6.92 Å². The van der Waals surface area contributed by atoms with Crippen LogP contribution >= 0.6 is 15.9 Å². The Kier molecular flexibility index (Phi) is 4.54. The monoisotopic (exact) mass is 359 g/mol. The highest BCUT2D eigenvalue weighted by Crippen LogP contribution is 2.23. The summed E-state index contributed by atoms with van der Waals surface area (Å²) in [6.45, 7) is 1.80. The van der Waals surface area contributed by atoms with Crippen molar-refractivity contribution in [2.75, 3.05) is 11.5 Å². The molecule has 2 rings (SSSR count). The van der Waals surface area contributed by atoms with Crippen LogP contribution in [-0.2, 0) is 21.1 Å². The number of sulfone groups is 1. The predicted molar refractivity (Wildman–Crippen MR) is 82.3 cm³/mol. The number of aryl methyl sites for hydroxylation is 1. The van der Waals surface area contributed by atoms with E-state index in [2.05, 4.69) is 21.2 Å². The van der Waals surface area contributed by atoms with Gasteiger partial charge in [0.05, 0.1) is 17.0 Å². The van der Waals surface area contributed by atoms with E-state index >= 15 is 0 Å². The Morgan fingerprint density at radius 1 is 1.40 bits per heavy atom. The average Bonchev–Trinajstić information content (AvgIpc) is 2.62. The summed E-state index contributed by atoms with van der Waals surface area (Å²) in [6.07, 6.45) is 1.49. The number of hydrogen-bond donors (Lipinski definition) is 1. The van der Waals surface area contributed by atoms with Crippen molar-refractivity contribution in [1.29, 1.82) is 0 Å². The molecule has 1 atom stereocenters. The zero-order chi connectivity index (χ0) is 14.8. The summed E-state index contributed by atoms with van der Waals surface area (Å²) in [7, 11) is -3.00. The molecule has 4 nitrogen and oxygen atoms in total. The Labute approximate surface area is 128 Å². The van der Waals surface area contributed by atoms with Gasteiger partial charge in [-0.1, -0.05) is 34.1 Å². The molecular weight excluding hydrogens is 342 g/mol. The third kappa shape index (κ3) is 4.06. The van der Waals surface area contributed by atoms with Crippen LogP contribution < -0.4 is 5.32 Å². The van der Waals surface area contributed by atoms with Crippen LogP contribution in [0.15, 0.2) is 28.7 Å². The molecule has 1 N–H and O–H groups in total. The highest BCUT2D eigenvalue weighted by Gasteiger charge is 2.39. The van der Waals surface area contributed by atoms with Gasteiger partial charge in [0, 0.05) is 10.9 Å². The van der Waals surface area contributed by atoms with Crippen molar-refractivity contribution in [2.24, 2.45) is 0 Å². The minimum absolute atomic E-state index is 0.0424. The van der Waals surface area contributed by atoms with Crippen LogP contribution in [-0.4, -0.2) is 31.4 Å². The number of amides is 1. The van der Waals surface area contributed by atoms with Crippen LogP contribution in [0.1, 0.15) is 25.3 Å². The first kappa shape index (κ1) is 15.5. The second kappa shape index (κ2) is 5.85. The maximum Gasteiger partial charge on any atom is 0.220 e. The molecule has 1 amide bonds. The predicted octanol–water partition coefficient (Wildman–Crippen LogP) is 2.08. The maximum atomic E-state index is 12.0. The minimum Gasteiger partial charge on any atom is -0.350 e. The standard InChI is InChI=1S/C14H18BrNO3S/c1-14(8-9-20(18,19)10-14)16-13(17)7-6-11-4-2-3-5-12(11)15/h2-5H,6-10H2,1H3,(H,16,17)/t14-/m0/s1. The highest BCUT2D eigenvalue weighted by atomic mass is 79.9. The number of halogens is 1. The molecule has 1 aromatic rings. The maximum absolute atomic E-state index is 12.0. The number of rotatable bonds is 4. The normalized spacial score (nSPS) is 24.5. The van der Waals surface area contributed by atoms with Crippen LogP contribution in [0, 0.1) is 0 Å². The lowest BCUT2D eigenvalue weighted by molar-refractivity contribution is -0.122. The first-order valence-corrected chi connectivity index (χ1v) is 9.16. The van der Waals surface area contributed by atoms with Gasteiger partial charge in [0.15, 0.2) is 9.84 Å². The van der Waals surface area contributed by atoms with Gasteiger partial charge in [0.25, 0.3) is 0 Å². The van der Waals surface area contributed by atoms with Crippen LogP contribution in [0.5, 0.6) is 0 Å². The van der Waals surface area contributed by atoms with Gasteiger partial charge >= 0.3 is 0 Å². The Balaban J connectivity index is 1.89. The number of carbonyl (C=O) groups excluding carboxylic acids is 1. The molecule has 0 aliphatic carbocycles. The Hall–Kier alpha value is -0.880. The fraction of sp³-hybridized carbons (Fsp3) is 0.500. The fourth-order valence-corrected chi connectivity index (χ4v) is 5.03. The lowest BCUT2D eigenvalue weighted by atomic mass is 10.0. The molecular formula is C14H18BrNO3S. The quantitative estimate of drug-likeness (QED) is 0.894. The third-order valence-corrected chi connectivity index (χ3v) is 6.20. The van der Waals surface area contributed by atoms with Gasteiger partial charge in [-0.2, -0.15) is 0 Å². The summed E-state index contributed by atoms with van der Waals surface area (Å²) in [6, 6.07) is 7.78. The molecule has 0 unspecified atom stereocenters. The SMILES string of the molecule is C[C@]1(NC(=O)CCc2ccccc2Br)CCS(=O)(=O)C1. The summed E-state index contributed by atoms with van der Waals surface area (Å²) < 4.78 is 24.0. The van der Waals surface area contributed by atoms with E-state index in [4.69, 9.17) is 0 Å². The summed E-state index contributed by atoms with van der Waals surface area (Å²) in [5.74, 6) is 0.106. The van der Waals surface area contributed by atoms with Gasteiger partial charge in [-0.05, 0) is 31.4 Å². The molecule has 1 fully saturated rings. The van der Waals surface area contributed by atoms with Gasteiger partial charge in [0.1, 0.15) is 0 Å². The van der Waals surface area contributed by atoms with Crippen LogP contribution in [0.4, 0.5) is 0 Å². The zero-order valence-electron chi connectivity index (χ0n) is 11.4. The van der Waals surface area contributed by atoms with E-state index in [9.17, 15) is 13.2 Å². The number of nitrogens with one attached hydrogen (secondary N) is 1. The van der Waals surface area contributed by atoms with E-state index < -0.39 is 15.4 Å². The lowest BCUT2D eigenvalue weighted by Crippen LogP contribution is -2.47. The number of hydrogen-bond acceptors (Lipinski definition) is 3. The summed E-state index contributed by atoms with van der Waals surface area (Å²) in [4.78, 5) is 12.0. The van der Waals surface area contributed by atoms with Crippen molar-refractivity contribution < 1.29 is 13.2 Å². The second-order valence-electron chi connectivity index (χ2n) is 5.54. The van der Waals surface area contributed by atoms with E-state index in [0.29, 0.717) is 19.3 Å². The molecule has 1 aliphatic heterocycles. The van der Waals surface area contributed by atoms with Crippen LogP contribution in [0.2, 0.25) is 0 Å². The molecule has 6 heteroatoms. The van der Waals surface area contributed by atoms with E-state index in [1.807, 2.05) is 24.3 Å². The number of benzene rings is 1. The minimum atomic E-state index is -3.00. The van der Waals surface area contributed by atoms with Crippen molar-refractivity contribution in [3.05, 3.63) is 34.3 Å². The first-order chi connectivity index (χ1) is 9.30. The van der Waals surface area contributed by atoms with Crippen molar-refractivity contribution in [2.45, 2.75) is 31.7 Å². The largest absolute Gasteiger partial charge is 0.350 e. The van der Waals surface area contributed by atoms with Gasteiger partial charge in [-0.3, -0.25) is 4.79 Å². The topological polar surface area (TPSA) is 63.2 Å². The smallest absolute Gasteiger partial charge is 0.220 e. The molecule has 1 aromatic carbocycles. The van der Waals surface area contributed by atoms with Gasteiger partial charge in [0.2, 0.25) is 5.91 Å². The van der Waals surface area contributed by atoms with Gasteiger partial charge in [-0.25, -0.2) is 8.42 Å². The average molecular weight is 360 g/mol. The van der Waals surface area contributed by atoms with E-state index in [-0.39, 0.29) is 17.4 Å². The molecule has 0 aromatic heterocycles. The molecule has 0 bridgehead atoms. The highest BCUT2D eigenvalue weighted by molar-refractivity contribution is 9.10. The zero-order valence-corrected chi connectivity index (χ0v) is 13.8. The van der Waals surface area contributed by atoms with Crippen LogP contribution in [0.25, 0.3) is 0 Å². The Bertz CT molecular complexity index is 615. The Morgan fingerprint density at radius 2 is 2.10 bits per heavy atom. The third-order valence-electron chi connectivity index (χ3n) is 3.52. The Morgan fingerprint density at radius 3 is 2.70 bits per heavy atom. The molecule has 110 valence electrons. The van der Waals surface area contributed by atoms with Crippen molar-refractivity contribution >= 4 is 31.7 Å². The second-order valence-corrected chi connectivity index (χ2v) is 8.58. The molecule has 1 heterocycles. The number of carbonyl (C=O) groups is 1. The summed E-state index contributed by atoms with van der Waals surface area (Å²) >= 11 is 3.45. The molecule has 1 saturated heterocycles. The van der Waals surface area contributed by atoms with Crippen molar-refractivity contribution in [3.8, 4) is 0 Å². The first-order valence-electron chi connectivity index (χ1n) is 6.55. The van der Waals surface area contributed by atoms with Gasteiger partial charge < -0.3 is 5.32 Å². The summed E-state index contributed by atoms with van der Waals surface area (Å²) in [5.41, 5.74) is 0.468. The molecule has 0 spiro atoms. The molecule has 1 aliphatic rings. The van der Waals surface area contributed by atoms with Crippen molar-refractivity contribution in [3.63, 3.8) is 0 Å². The summed E-state index contributed by atoms with van der Waals surface area (Å²) in [5, 5.41) is 2.87. The lowest BCUT2D eigenvalue weighted by Gasteiger charge is -2.23. The van der Waals surface area contributed by atoms with Crippen LogP contribution in [0.3, 0.4) is 0 Å². The van der Waals surface area contributed by atoms with Crippen molar-refractivity contribution in [1.82, 2.24) is 5.32 Å². The van der Waals surface area contributed by atoms with E-state index in [0.717, 1.165) is 10.0 Å². The fourth-order valence-electron chi connectivity index (χ4n) is 2.46. The van der Waals surface area contributed by atoms with Gasteiger partial charge in [-0.15, -0.1) is 0 Å². The molecule has 20 heavy (non-hydrogen) atoms. The van der Waals surface area contributed by atoms with E-state index in [1.165, 1.54) is 0 Å². The molecule has 0 saturated carbocycles.